The van der Waals surface area contributed by atoms with Gasteiger partial charge < -0.3 is 5.32 Å². The lowest BCUT2D eigenvalue weighted by atomic mass is 9.90. The Kier molecular flexibility index (Phi) is 5.06. The summed E-state index contributed by atoms with van der Waals surface area (Å²) in [6.45, 7) is 7.18. The van der Waals surface area contributed by atoms with Crippen molar-refractivity contribution in [3.8, 4) is 0 Å². The van der Waals surface area contributed by atoms with Crippen molar-refractivity contribution in [1.82, 2.24) is 5.32 Å². The largest absolute Gasteiger partial charge is 0.355 e. The predicted molar refractivity (Wildman–Crippen MR) is 74.5 cm³/mol. The molecule has 0 radical (unpaired) electrons. The van der Waals surface area contributed by atoms with Crippen molar-refractivity contribution in [2.75, 3.05) is 6.54 Å². The van der Waals surface area contributed by atoms with E-state index in [0.717, 1.165) is 23.4 Å². The molecule has 0 fully saturated rings. The first-order chi connectivity index (χ1) is 7.93. The van der Waals surface area contributed by atoms with Crippen LogP contribution in [-0.2, 0) is 11.2 Å². The van der Waals surface area contributed by atoms with E-state index in [4.69, 9.17) is 0 Å². The Bertz CT molecular complexity index is 370. The van der Waals surface area contributed by atoms with Crippen LogP contribution in [0.15, 0.2) is 29.2 Å². The van der Waals surface area contributed by atoms with Gasteiger partial charge in [-0.2, -0.15) is 0 Å². The third-order valence-corrected chi connectivity index (χ3v) is 3.32. The lowest BCUT2D eigenvalue weighted by molar-refractivity contribution is -0.120. The molecule has 0 aliphatic carbocycles. The zero-order chi connectivity index (χ0) is 12.9. The SMILES string of the molecule is CCC(C)(C)CNC(=O)Cc1ccc(S)cc1. The van der Waals surface area contributed by atoms with E-state index in [-0.39, 0.29) is 11.3 Å². The number of thiol groups is 1. The van der Waals surface area contributed by atoms with Crippen LogP contribution in [0, 0.1) is 5.41 Å². The first-order valence-corrected chi connectivity index (χ1v) is 6.42. The lowest BCUT2D eigenvalue weighted by Gasteiger charge is -2.22. The quantitative estimate of drug-likeness (QED) is 0.774. The molecule has 0 saturated carbocycles. The summed E-state index contributed by atoms with van der Waals surface area (Å²) in [6, 6.07) is 7.68. The molecule has 1 rings (SSSR count). The van der Waals surface area contributed by atoms with Gasteiger partial charge in [-0.05, 0) is 29.5 Å². The van der Waals surface area contributed by atoms with Crippen molar-refractivity contribution in [3.05, 3.63) is 29.8 Å². The third kappa shape index (κ3) is 5.26. The number of benzene rings is 1. The fourth-order valence-corrected chi connectivity index (χ4v) is 1.47. The van der Waals surface area contributed by atoms with Crippen molar-refractivity contribution in [1.29, 1.82) is 0 Å². The fraction of sp³-hybridized carbons (Fsp3) is 0.500. The van der Waals surface area contributed by atoms with Crippen LogP contribution in [0.2, 0.25) is 0 Å². The van der Waals surface area contributed by atoms with Crippen molar-refractivity contribution in [2.45, 2.75) is 38.5 Å². The summed E-state index contributed by atoms with van der Waals surface area (Å²) in [5.41, 5.74) is 1.19. The van der Waals surface area contributed by atoms with Crippen LogP contribution < -0.4 is 5.32 Å². The fourth-order valence-electron chi connectivity index (χ4n) is 1.32. The van der Waals surface area contributed by atoms with Crippen LogP contribution in [0.3, 0.4) is 0 Å². The minimum atomic E-state index is 0.0819. The average Bonchev–Trinajstić information content (AvgIpc) is 2.30. The number of hydrogen-bond donors (Lipinski definition) is 2. The molecule has 1 aromatic rings. The number of carbonyl (C=O) groups is 1. The normalized spacial score (nSPS) is 11.3. The summed E-state index contributed by atoms with van der Waals surface area (Å²) in [5, 5.41) is 2.98. The first-order valence-electron chi connectivity index (χ1n) is 5.97. The maximum Gasteiger partial charge on any atom is 0.224 e. The monoisotopic (exact) mass is 251 g/mol. The highest BCUT2D eigenvalue weighted by Crippen LogP contribution is 2.17. The van der Waals surface area contributed by atoms with Gasteiger partial charge in [-0.1, -0.05) is 32.9 Å². The molecule has 0 atom stereocenters. The molecule has 2 nitrogen and oxygen atoms in total. The second-order valence-corrected chi connectivity index (χ2v) is 5.65. The highest BCUT2D eigenvalue weighted by molar-refractivity contribution is 7.80. The average molecular weight is 251 g/mol. The van der Waals surface area contributed by atoms with E-state index in [9.17, 15) is 4.79 Å². The van der Waals surface area contributed by atoms with Crippen molar-refractivity contribution in [3.63, 3.8) is 0 Å². The second kappa shape index (κ2) is 6.10. The number of hydrogen-bond acceptors (Lipinski definition) is 2. The Morgan fingerprint density at radius 2 is 1.88 bits per heavy atom. The van der Waals surface area contributed by atoms with Crippen LogP contribution >= 0.6 is 12.6 Å². The number of amides is 1. The molecule has 0 saturated heterocycles. The lowest BCUT2D eigenvalue weighted by Crippen LogP contribution is -2.34. The minimum Gasteiger partial charge on any atom is -0.355 e. The van der Waals surface area contributed by atoms with Gasteiger partial charge in [0.25, 0.3) is 0 Å². The molecule has 0 heterocycles. The van der Waals surface area contributed by atoms with E-state index >= 15 is 0 Å². The number of nitrogens with one attached hydrogen (secondary N) is 1. The van der Waals surface area contributed by atoms with Gasteiger partial charge >= 0.3 is 0 Å². The van der Waals surface area contributed by atoms with Crippen LogP contribution in [-0.4, -0.2) is 12.5 Å². The highest BCUT2D eigenvalue weighted by Gasteiger charge is 2.15. The zero-order valence-corrected chi connectivity index (χ0v) is 11.7. The van der Waals surface area contributed by atoms with E-state index in [1.54, 1.807) is 0 Å². The molecular weight excluding hydrogens is 230 g/mol. The second-order valence-electron chi connectivity index (χ2n) is 5.14. The summed E-state index contributed by atoms with van der Waals surface area (Å²) < 4.78 is 0. The van der Waals surface area contributed by atoms with E-state index in [0.29, 0.717) is 6.42 Å². The molecule has 0 aliphatic heterocycles. The Morgan fingerprint density at radius 3 is 2.41 bits per heavy atom. The molecule has 0 spiro atoms. The maximum absolute atomic E-state index is 11.7. The van der Waals surface area contributed by atoms with E-state index in [1.807, 2.05) is 24.3 Å². The third-order valence-electron chi connectivity index (χ3n) is 3.02. The molecule has 94 valence electrons. The molecule has 1 N–H and O–H groups in total. The van der Waals surface area contributed by atoms with Gasteiger partial charge in [0.05, 0.1) is 6.42 Å². The van der Waals surface area contributed by atoms with E-state index in [2.05, 4.69) is 38.7 Å². The van der Waals surface area contributed by atoms with Gasteiger partial charge in [0.15, 0.2) is 0 Å². The Morgan fingerprint density at radius 1 is 1.29 bits per heavy atom. The molecule has 17 heavy (non-hydrogen) atoms. The predicted octanol–water partition coefficient (Wildman–Crippen LogP) is 3.07. The molecule has 0 aromatic heterocycles. The smallest absolute Gasteiger partial charge is 0.224 e. The molecule has 0 bridgehead atoms. The maximum atomic E-state index is 11.7. The van der Waals surface area contributed by atoms with Crippen molar-refractivity contribution >= 4 is 18.5 Å². The summed E-state index contributed by atoms with van der Waals surface area (Å²) in [7, 11) is 0. The van der Waals surface area contributed by atoms with Gasteiger partial charge in [0.2, 0.25) is 5.91 Å². The van der Waals surface area contributed by atoms with Gasteiger partial charge in [-0.25, -0.2) is 0 Å². The van der Waals surface area contributed by atoms with Crippen LogP contribution in [0.5, 0.6) is 0 Å². The van der Waals surface area contributed by atoms with Crippen molar-refractivity contribution in [2.24, 2.45) is 5.41 Å². The first kappa shape index (κ1) is 14.1. The van der Waals surface area contributed by atoms with E-state index in [1.165, 1.54) is 0 Å². The topological polar surface area (TPSA) is 29.1 Å². The van der Waals surface area contributed by atoms with E-state index < -0.39 is 0 Å². The Hall–Kier alpha value is -0.960. The highest BCUT2D eigenvalue weighted by atomic mass is 32.1. The Labute approximate surface area is 109 Å². The Balaban J connectivity index is 2.42. The van der Waals surface area contributed by atoms with Crippen molar-refractivity contribution < 1.29 is 4.79 Å². The minimum absolute atomic E-state index is 0.0819. The van der Waals surface area contributed by atoms with Gasteiger partial charge in [-0.3, -0.25) is 4.79 Å². The molecule has 3 heteroatoms. The summed E-state index contributed by atoms with van der Waals surface area (Å²) in [4.78, 5) is 12.6. The summed E-state index contributed by atoms with van der Waals surface area (Å²) in [6.07, 6.45) is 1.50. The molecular formula is C14H21NOS. The number of carbonyl (C=O) groups excluding carboxylic acids is 1. The standard InChI is InChI=1S/C14H21NOS/c1-4-14(2,3)10-15-13(16)9-11-5-7-12(17)8-6-11/h5-8,17H,4,9-10H2,1-3H3,(H,15,16). The van der Waals surface area contributed by atoms with Crippen LogP contribution in [0.25, 0.3) is 0 Å². The van der Waals surface area contributed by atoms with Gasteiger partial charge in [-0.15, -0.1) is 12.6 Å². The molecule has 0 aliphatic rings. The van der Waals surface area contributed by atoms with Gasteiger partial charge in [0.1, 0.15) is 0 Å². The number of rotatable bonds is 5. The zero-order valence-electron chi connectivity index (χ0n) is 10.8. The summed E-state index contributed by atoms with van der Waals surface area (Å²) >= 11 is 4.21. The van der Waals surface area contributed by atoms with Crippen LogP contribution in [0.1, 0.15) is 32.8 Å². The van der Waals surface area contributed by atoms with Crippen LogP contribution in [0.4, 0.5) is 0 Å². The molecule has 0 unspecified atom stereocenters. The van der Waals surface area contributed by atoms with Gasteiger partial charge in [0, 0.05) is 11.4 Å². The molecule has 1 amide bonds. The summed E-state index contributed by atoms with van der Waals surface area (Å²) in [5.74, 6) is 0.0819. The molecule has 1 aromatic carbocycles.